The van der Waals surface area contributed by atoms with Crippen LogP contribution in [0.1, 0.15) is 86.9 Å². The lowest BCUT2D eigenvalue weighted by Crippen LogP contribution is -2.62. The van der Waals surface area contributed by atoms with Crippen LogP contribution >= 0.6 is 11.6 Å². The van der Waals surface area contributed by atoms with E-state index in [1.54, 1.807) is 19.9 Å². The molecular formula is C29H35ClN4O5. The molecule has 3 aliphatic heterocycles. The number of fused-ring (bicyclic) bond motifs is 2. The zero-order valence-electron chi connectivity index (χ0n) is 22.6. The number of ether oxygens (including phenoxy) is 2. The fraction of sp³-hybridized carbons (Fsp3) is 0.483. The van der Waals surface area contributed by atoms with Crippen molar-refractivity contribution >= 4 is 29.4 Å². The molecule has 3 atom stereocenters. The van der Waals surface area contributed by atoms with Crippen molar-refractivity contribution in [1.29, 1.82) is 5.41 Å². The first-order valence-electron chi connectivity index (χ1n) is 13.4. The molecule has 10 heteroatoms. The van der Waals surface area contributed by atoms with E-state index in [2.05, 4.69) is 10.6 Å². The third-order valence-electron chi connectivity index (χ3n) is 8.32. The van der Waals surface area contributed by atoms with Gasteiger partial charge in [0.05, 0.1) is 30.1 Å². The van der Waals surface area contributed by atoms with Gasteiger partial charge in [-0.1, -0.05) is 43.6 Å². The third-order valence-corrected chi connectivity index (χ3v) is 8.60. The minimum atomic E-state index is -1.00. The van der Waals surface area contributed by atoms with Gasteiger partial charge >= 0.3 is 0 Å². The minimum absolute atomic E-state index is 0.0444. The van der Waals surface area contributed by atoms with Crippen molar-refractivity contribution in [3.8, 4) is 11.5 Å². The van der Waals surface area contributed by atoms with Gasteiger partial charge in [0.1, 0.15) is 23.2 Å². The number of hydrogen-bond donors (Lipinski definition) is 4. The number of halogens is 1. The summed E-state index contributed by atoms with van der Waals surface area (Å²) >= 11 is 6.61. The molecule has 0 unspecified atom stereocenters. The summed E-state index contributed by atoms with van der Waals surface area (Å²) in [5.41, 5.74) is 0.160. The smallest absolute Gasteiger partial charge is 0.251 e. The Morgan fingerprint density at radius 2 is 1.95 bits per heavy atom. The summed E-state index contributed by atoms with van der Waals surface area (Å²) in [4.78, 5) is 28.4. The summed E-state index contributed by atoms with van der Waals surface area (Å²) in [5, 5.41) is 26.3. The molecule has 0 radical (unpaired) electrons. The normalized spacial score (nSPS) is 25.0. The number of para-hydroxylation sites is 1. The van der Waals surface area contributed by atoms with Crippen LogP contribution in [0.5, 0.6) is 11.5 Å². The number of guanidine groups is 1. The van der Waals surface area contributed by atoms with Gasteiger partial charge in [0.2, 0.25) is 5.91 Å². The van der Waals surface area contributed by atoms with Gasteiger partial charge in [-0.2, -0.15) is 0 Å². The van der Waals surface area contributed by atoms with Crippen LogP contribution in [0, 0.1) is 5.41 Å². The predicted molar refractivity (Wildman–Crippen MR) is 147 cm³/mol. The molecule has 1 saturated heterocycles. The topological polar surface area (TPSA) is 124 Å². The first-order chi connectivity index (χ1) is 18.5. The second kappa shape index (κ2) is 10.0. The van der Waals surface area contributed by atoms with E-state index >= 15 is 0 Å². The molecular weight excluding hydrogens is 520 g/mol. The van der Waals surface area contributed by atoms with Crippen LogP contribution in [0.3, 0.4) is 0 Å². The average molecular weight is 555 g/mol. The van der Waals surface area contributed by atoms with Crippen LogP contribution < -0.4 is 20.1 Å². The van der Waals surface area contributed by atoms with Crippen LogP contribution in [-0.2, 0) is 4.79 Å². The summed E-state index contributed by atoms with van der Waals surface area (Å²) in [6, 6.07) is 9.28. The van der Waals surface area contributed by atoms with Gasteiger partial charge in [-0.3, -0.25) is 19.9 Å². The van der Waals surface area contributed by atoms with E-state index in [9.17, 15) is 14.7 Å². The van der Waals surface area contributed by atoms with Gasteiger partial charge in [0.15, 0.2) is 5.96 Å². The zero-order valence-corrected chi connectivity index (χ0v) is 23.4. The lowest BCUT2D eigenvalue weighted by atomic mass is 9.85. The molecule has 0 aliphatic carbocycles. The summed E-state index contributed by atoms with van der Waals surface area (Å²) in [5.74, 6) is 0.471. The molecule has 5 rings (SSSR count). The fourth-order valence-corrected chi connectivity index (χ4v) is 6.11. The van der Waals surface area contributed by atoms with Gasteiger partial charge < -0.3 is 25.2 Å². The highest BCUT2D eigenvalue weighted by atomic mass is 35.5. The molecule has 2 aromatic carbocycles. The number of carbonyl (C=O) groups excluding carboxylic acids is 2. The van der Waals surface area contributed by atoms with Crippen molar-refractivity contribution in [2.45, 2.75) is 82.7 Å². The predicted octanol–water partition coefficient (Wildman–Crippen LogP) is 4.48. The number of amides is 2. The van der Waals surface area contributed by atoms with E-state index in [1.165, 1.54) is 11.0 Å². The Bertz CT molecular complexity index is 1300. The molecule has 0 aromatic heterocycles. The second-order valence-corrected chi connectivity index (χ2v) is 11.5. The maximum Gasteiger partial charge on any atom is 0.251 e. The van der Waals surface area contributed by atoms with E-state index in [0.717, 1.165) is 12.8 Å². The highest BCUT2D eigenvalue weighted by Gasteiger charge is 2.45. The minimum Gasteiger partial charge on any atom is -0.492 e. The summed E-state index contributed by atoms with van der Waals surface area (Å²) in [6.07, 6.45) is 1.18. The van der Waals surface area contributed by atoms with Crippen molar-refractivity contribution in [2.75, 3.05) is 6.61 Å². The molecule has 0 saturated carbocycles. The Balaban J connectivity index is 1.47. The van der Waals surface area contributed by atoms with E-state index in [-0.39, 0.29) is 28.9 Å². The molecule has 1 fully saturated rings. The molecule has 4 N–H and O–H groups in total. The maximum atomic E-state index is 13.6. The lowest BCUT2D eigenvalue weighted by molar-refractivity contribution is -0.133. The lowest BCUT2D eigenvalue weighted by Gasteiger charge is -2.45. The number of aliphatic hydroxyl groups excluding tert-OH is 1. The SMILES string of the molecule is CCC1(CC)CC(=O)N([C@@H]2CCOc3c(Cl)cc(C(=O)N[C@H]4c5ccccc5OC(C)(C)[C@@H]4O)cc32)C(=N)N1. The number of nitrogens with zero attached hydrogens (tertiary/aromatic N) is 1. The monoisotopic (exact) mass is 554 g/mol. The molecule has 39 heavy (non-hydrogen) atoms. The molecule has 3 aliphatic rings. The van der Waals surface area contributed by atoms with Crippen molar-refractivity contribution in [3.05, 3.63) is 58.1 Å². The van der Waals surface area contributed by atoms with Crippen molar-refractivity contribution in [3.63, 3.8) is 0 Å². The van der Waals surface area contributed by atoms with Crippen molar-refractivity contribution in [2.24, 2.45) is 0 Å². The standard InChI is InChI=1S/C29H35ClN4O5/c1-5-29(6-2)15-22(35)34(27(31)33-29)20-11-12-38-24-18(20)13-16(14-19(24)30)26(37)32-23-17-9-7-8-10-21(17)39-28(3,4)25(23)36/h7-10,13-14,20,23,25,36H,5-6,11-12,15H2,1-4H3,(H2,31,33)(H,32,37)/t20-,23+,25-/m1/s1. The first kappa shape index (κ1) is 27.3. The van der Waals surface area contributed by atoms with E-state index in [0.29, 0.717) is 35.7 Å². The quantitative estimate of drug-likeness (QED) is 0.432. The van der Waals surface area contributed by atoms with Gasteiger partial charge in [-0.15, -0.1) is 0 Å². The Labute approximate surface area is 233 Å². The number of nitrogens with one attached hydrogen (secondary N) is 3. The van der Waals surface area contributed by atoms with Crippen molar-refractivity contribution < 1.29 is 24.2 Å². The Morgan fingerprint density at radius 1 is 1.23 bits per heavy atom. The maximum absolute atomic E-state index is 13.6. The molecule has 9 nitrogen and oxygen atoms in total. The highest BCUT2D eigenvalue weighted by molar-refractivity contribution is 6.32. The molecule has 0 spiro atoms. The number of aliphatic hydroxyl groups is 1. The molecule has 2 aromatic rings. The van der Waals surface area contributed by atoms with E-state index < -0.39 is 35.2 Å². The van der Waals surface area contributed by atoms with Crippen LogP contribution in [0.2, 0.25) is 5.02 Å². The number of hydrogen-bond acceptors (Lipinski definition) is 6. The first-order valence-corrected chi connectivity index (χ1v) is 13.8. The number of carbonyl (C=O) groups is 2. The Kier molecular flexibility index (Phi) is 7.01. The van der Waals surface area contributed by atoms with Crippen LogP contribution in [0.4, 0.5) is 0 Å². The molecule has 3 heterocycles. The van der Waals surface area contributed by atoms with E-state index in [4.69, 9.17) is 26.5 Å². The Morgan fingerprint density at radius 3 is 2.64 bits per heavy atom. The molecule has 2 amide bonds. The molecule has 208 valence electrons. The summed E-state index contributed by atoms with van der Waals surface area (Å²) in [7, 11) is 0. The van der Waals surface area contributed by atoms with Crippen LogP contribution in [0.25, 0.3) is 0 Å². The largest absolute Gasteiger partial charge is 0.492 e. The van der Waals surface area contributed by atoms with Crippen LogP contribution in [-0.4, -0.2) is 51.6 Å². The van der Waals surface area contributed by atoms with Gasteiger partial charge in [0, 0.05) is 28.7 Å². The number of rotatable bonds is 5. The average Bonchev–Trinajstić information content (AvgIpc) is 2.90. The Hall–Kier alpha value is -3.30. The van der Waals surface area contributed by atoms with Gasteiger partial charge in [-0.25, -0.2) is 0 Å². The fourth-order valence-electron chi connectivity index (χ4n) is 5.83. The third kappa shape index (κ3) is 4.72. The van der Waals surface area contributed by atoms with Gasteiger partial charge in [-0.05, 0) is 44.9 Å². The van der Waals surface area contributed by atoms with Crippen molar-refractivity contribution in [1.82, 2.24) is 15.5 Å². The highest BCUT2D eigenvalue weighted by Crippen LogP contribution is 2.44. The second-order valence-electron chi connectivity index (χ2n) is 11.1. The zero-order chi connectivity index (χ0) is 28.1. The van der Waals surface area contributed by atoms with E-state index in [1.807, 2.05) is 38.1 Å². The summed E-state index contributed by atoms with van der Waals surface area (Å²) in [6.45, 7) is 7.89. The number of benzene rings is 2. The molecule has 0 bridgehead atoms. The van der Waals surface area contributed by atoms with Crippen LogP contribution in [0.15, 0.2) is 36.4 Å². The summed E-state index contributed by atoms with van der Waals surface area (Å²) < 4.78 is 11.8. The van der Waals surface area contributed by atoms with Gasteiger partial charge in [0.25, 0.3) is 5.91 Å².